The second-order valence-electron chi connectivity index (χ2n) is 5.26. The first-order valence-corrected chi connectivity index (χ1v) is 8.47. The van der Waals surface area contributed by atoms with Crippen LogP contribution in [-0.4, -0.2) is 30.4 Å². The number of hydrogen-bond acceptors (Lipinski definition) is 5. The summed E-state index contributed by atoms with van der Waals surface area (Å²) in [5.74, 6) is 1.03. The number of thiophene rings is 1. The average molecular weight is 299 g/mol. The van der Waals surface area contributed by atoms with Gasteiger partial charge in [-0.05, 0) is 44.1 Å². The molecule has 1 fully saturated rings. The monoisotopic (exact) mass is 299 g/mol. The maximum absolute atomic E-state index is 12.3. The molecule has 1 aliphatic carbocycles. The minimum absolute atomic E-state index is 0.118. The molecule has 106 valence electrons. The van der Waals surface area contributed by atoms with Gasteiger partial charge >= 0.3 is 5.97 Å². The second-order valence-corrected chi connectivity index (χ2v) is 7.48. The number of esters is 1. The normalized spacial score (nSPS) is 18.3. The van der Waals surface area contributed by atoms with Crippen molar-refractivity contribution in [3.63, 3.8) is 0 Å². The Morgan fingerprint density at radius 3 is 2.84 bits per heavy atom. The summed E-state index contributed by atoms with van der Waals surface area (Å²) in [7, 11) is 1.48. The van der Waals surface area contributed by atoms with Gasteiger partial charge in [0.05, 0.1) is 11.3 Å². The lowest BCUT2D eigenvalue weighted by Crippen LogP contribution is -2.59. The van der Waals surface area contributed by atoms with Gasteiger partial charge in [0.2, 0.25) is 0 Å². The topological polar surface area (TPSA) is 38.3 Å². The van der Waals surface area contributed by atoms with Gasteiger partial charge in [-0.25, -0.2) is 0 Å². The van der Waals surface area contributed by atoms with Gasteiger partial charge in [0.15, 0.2) is 0 Å². The Bertz CT molecular complexity index is 415. The summed E-state index contributed by atoms with van der Waals surface area (Å²) in [5, 5.41) is 5.54. The molecule has 1 heterocycles. The summed E-state index contributed by atoms with van der Waals surface area (Å²) in [6, 6.07) is 4.41. The van der Waals surface area contributed by atoms with Gasteiger partial charge in [-0.1, -0.05) is 6.07 Å². The molecule has 1 saturated carbocycles. The molecule has 0 aliphatic heterocycles. The van der Waals surface area contributed by atoms with Crippen LogP contribution in [0.25, 0.3) is 0 Å². The van der Waals surface area contributed by atoms with Gasteiger partial charge in [0, 0.05) is 11.8 Å². The zero-order chi connectivity index (χ0) is 13.9. The quantitative estimate of drug-likeness (QED) is 0.620. The van der Waals surface area contributed by atoms with Crippen molar-refractivity contribution in [2.75, 3.05) is 12.9 Å². The largest absolute Gasteiger partial charge is 0.468 e. The fourth-order valence-corrected chi connectivity index (χ4v) is 4.41. The van der Waals surface area contributed by atoms with Gasteiger partial charge in [-0.2, -0.15) is 0 Å². The van der Waals surface area contributed by atoms with Crippen LogP contribution in [0.5, 0.6) is 0 Å². The van der Waals surface area contributed by atoms with Crippen LogP contribution in [0.4, 0.5) is 0 Å². The number of methoxy groups -OCH3 is 1. The van der Waals surface area contributed by atoms with Gasteiger partial charge in [0.1, 0.15) is 5.54 Å². The van der Waals surface area contributed by atoms with Gasteiger partial charge in [0.25, 0.3) is 0 Å². The third kappa shape index (κ3) is 3.52. The van der Waals surface area contributed by atoms with Crippen molar-refractivity contribution in [1.82, 2.24) is 5.32 Å². The lowest BCUT2D eigenvalue weighted by atomic mass is 9.94. The van der Waals surface area contributed by atoms with Crippen molar-refractivity contribution in [3.8, 4) is 0 Å². The molecule has 1 atom stereocenters. The number of ether oxygens (including phenoxy) is 1. The standard InChI is InChI=1S/C14H21NO2S2/c1-10(2)15-14(11-6-7-11,13(16)17-3)9-19-12-5-4-8-18-12/h4-5,8,10-11,15H,6-7,9H2,1-3H3. The predicted octanol–water partition coefficient (Wildman–Crippen LogP) is 3.16. The van der Waals surface area contributed by atoms with Crippen LogP contribution in [0.1, 0.15) is 26.7 Å². The van der Waals surface area contributed by atoms with Gasteiger partial charge in [-0.15, -0.1) is 23.1 Å². The molecule has 0 amide bonds. The molecule has 5 heteroatoms. The Morgan fingerprint density at radius 1 is 1.63 bits per heavy atom. The van der Waals surface area contributed by atoms with Crippen LogP contribution in [0, 0.1) is 5.92 Å². The van der Waals surface area contributed by atoms with Crippen LogP contribution in [0.2, 0.25) is 0 Å². The van der Waals surface area contributed by atoms with E-state index in [9.17, 15) is 4.79 Å². The third-order valence-corrected chi connectivity index (χ3v) is 5.63. The Morgan fingerprint density at radius 2 is 2.37 bits per heavy atom. The van der Waals surface area contributed by atoms with Gasteiger partial charge < -0.3 is 4.74 Å². The molecule has 19 heavy (non-hydrogen) atoms. The summed E-state index contributed by atoms with van der Waals surface area (Å²) < 4.78 is 6.33. The number of nitrogens with one attached hydrogen (secondary N) is 1. The van der Waals surface area contributed by atoms with Crippen molar-refractivity contribution in [1.29, 1.82) is 0 Å². The van der Waals surface area contributed by atoms with Crippen molar-refractivity contribution in [2.24, 2.45) is 5.92 Å². The molecule has 1 aromatic rings. The highest BCUT2D eigenvalue weighted by atomic mass is 32.2. The molecule has 0 radical (unpaired) electrons. The number of carbonyl (C=O) groups excluding carboxylic acids is 1. The van der Waals surface area contributed by atoms with E-state index in [-0.39, 0.29) is 12.0 Å². The Balaban J connectivity index is 2.13. The van der Waals surface area contributed by atoms with Crippen molar-refractivity contribution in [3.05, 3.63) is 17.5 Å². The fraction of sp³-hybridized carbons (Fsp3) is 0.643. The van der Waals surface area contributed by atoms with Crippen LogP contribution >= 0.6 is 23.1 Å². The molecule has 1 aliphatic rings. The van der Waals surface area contributed by atoms with Crippen molar-refractivity contribution in [2.45, 2.75) is 42.5 Å². The first-order chi connectivity index (χ1) is 9.08. The van der Waals surface area contributed by atoms with E-state index in [1.54, 1.807) is 23.1 Å². The van der Waals surface area contributed by atoms with E-state index in [4.69, 9.17) is 4.74 Å². The van der Waals surface area contributed by atoms with E-state index in [1.165, 1.54) is 11.3 Å². The lowest BCUT2D eigenvalue weighted by molar-refractivity contribution is -0.148. The summed E-state index contributed by atoms with van der Waals surface area (Å²) in [5.41, 5.74) is -0.530. The Hall–Kier alpha value is -0.520. The zero-order valence-electron chi connectivity index (χ0n) is 11.6. The summed E-state index contributed by atoms with van der Waals surface area (Å²) in [4.78, 5) is 12.3. The SMILES string of the molecule is COC(=O)C(CSc1cccs1)(NC(C)C)C1CC1. The number of hydrogen-bond donors (Lipinski definition) is 1. The minimum atomic E-state index is -0.530. The highest BCUT2D eigenvalue weighted by Crippen LogP contribution is 2.43. The van der Waals surface area contributed by atoms with E-state index < -0.39 is 5.54 Å². The van der Waals surface area contributed by atoms with Crippen molar-refractivity contribution >= 4 is 29.1 Å². The third-order valence-electron chi connectivity index (χ3n) is 3.31. The number of thioether (sulfide) groups is 1. The maximum Gasteiger partial charge on any atom is 0.327 e. The summed E-state index contributed by atoms with van der Waals surface area (Å²) in [6.07, 6.45) is 2.22. The molecule has 2 rings (SSSR count). The summed E-state index contributed by atoms with van der Waals surface area (Å²) in [6.45, 7) is 4.16. The first kappa shape index (κ1) is 14.9. The number of rotatable bonds is 7. The molecule has 0 saturated heterocycles. The predicted molar refractivity (Wildman–Crippen MR) is 80.8 cm³/mol. The molecule has 0 bridgehead atoms. The van der Waals surface area contributed by atoms with E-state index in [1.807, 2.05) is 6.07 Å². The second kappa shape index (κ2) is 6.29. The molecule has 0 aromatic carbocycles. The van der Waals surface area contributed by atoms with Crippen LogP contribution in [0.3, 0.4) is 0 Å². The Labute approximate surface area is 123 Å². The molecule has 1 aromatic heterocycles. The molecular formula is C14H21NO2S2. The first-order valence-electron chi connectivity index (χ1n) is 6.61. The maximum atomic E-state index is 12.3. The van der Waals surface area contributed by atoms with Crippen LogP contribution in [0.15, 0.2) is 21.7 Å². The zero-order valence-corrected chi connectivity index (χ0v) is 13.3. The van der Waals surface area contributed by atoms with E-state index in [2.05, 4.69) is 30.6 Å². The van der Waals surface area contributed by atoms with E-state index >= 15 is 0 Å². The molecule has 0 spiro atoms. The summed E-state index contributed by atoms with van der Waals surface area (Å²) >= 11 is 3.46. The number of carbonyl (C=O) groups is 1. The minimum Gasteiger partial charge on any atom is -0.468 e. The average Bonchev–Trinajstić information content (AvgIpc) is 3.11. The lowest BCUT2D eigenvalue weighted by Gasteiger charge is -2.33. The van der Waals surface area contributed by atoms with Gasteiger partial charge in [-0.3, -0.25) is 10.1 Å². The van der Waals surface area contributed by atoms with Crippen LogP contribution in [-0.2, 0) is 9.53 Å². The van der Waals surface area contributed by atoms with Crippen molar-refractivity contribution < 1.29 is 9.53 Å². The smallest absolute Gasteiger partial charge is 0.327 e. The van der Waals surface area contributed by atoms with Crippen LogP contribution < -0.4 is 5.32 Å². The highest BCUT2D eigenvalue weighted by Gasteiger charge is 2.52. The Kier molecular flexibility index (Phi) is 4.92. The molecule has 1 N–H and O–H groups in total. The highest BCUT2D eigenvalue weighted by molar-refractivity contribution is 8.01. The van der Waals surface area contributed by atoms with E-state index in [0.29, 0.717) is 5.92 Å². The fourth-order valence-electron chi connectivity index (χ4n) is 2.37. The molecule has 3 nitrogen and oxygen atoms in total. The molecule has 1 unspecified atom stereocenters. The van der Waals surface area contributed by atoms with E-state index in [0.717, 1.165) is 18.6 Å². The molecular weight excluding hydrogens is 278 g/mol.